The topological polar surface area (TPSA) is 53.6 Å². The molecule has 0 radical (unpaired) electrons. The van der Waals surface area contributed by atoms with Gasteiger partial charge in [-0.25, -0.2) is 9.97 Å². The number of nitrogens with zero attached hydrogens (tertiary/aromatic N) is 2. The molecule has 3 heterocycles. The van der Waals surface area contributed by atoms with E-state index < -0.39 is 0 Å². The summed E-state index contributed by atoms with van der Waals surface area (Å²) in [5, 5.41) is 4.19. The number of fused-ring (bicyclic) bond motifs is 1. The van der Waals surface area contributed by atoms with Crippen LogP contribution in [-0.2, 0) is 0 Å². The van der Waals surface area contributed by atoms with Crippen molar-refractivity contribution in [1.29, 1.82) is 0 Å². The maximum atomic E-state index is 5.65. The highest BCUT2D eigenvalue weighted by molar-refractivity contribution is 5.99. The van der Waals surface area contributed by atoms with Crippen LogP contribution in [-0.4, -0.2) is 15.0 Å². The predicted molar refractivity (Wildman–Crippen MR) is 97.0 cm³/mol. The van der Waals surface area contributed by atoms with E-state index >= 15 is 0 Å². The standard InChI is InChI=1S/C20H14N4/c1-2-14-13-22-20-19(14)16(15-8-4-3-5-9-15)12-18(24-20)23-17-10-6-7-11-21-17/h1,3-13H,(H2,21,22,23,24). The van der Waals surface area contributed by atoms with Gasteiger partial charge in [0.25, 0.3) is 0 Å². The van der Waals surface area contributed by atoms with Crippen LogP contribution in [0.4, 0.5) is 11.6 Å². The van der Waals surface area contributed by atoms with Gasteiger partial charge < -0.3 is 10.3 Å². The van der Waals surface area contributed by atoms with Crippen LogP contribution in [0.15, 0.2) is 67.0 Å². The molecule has 4 nitrogen and oxygen atoms in total. The Kier molecular flexibility index (Phi) is 3.45. The molecule has 0 amide bonds. The van der Waals surface area contributed by atoms with Gasteiger partial charge in [-0.1, -0.05) is 42.3 Å². The van der Waals surface area contributed by atoms with Crippen LogP contribution in [0, 0.1) is 12.3 Å². The normalized spacial score (nSPS) is 10.5. The van der Waals surface area contributed by atoms with E-state index in [-0.39, 0.29) is 0 Å². The molecule has 0 atom stereocenters. The first kappa shape index (κ1) is 14.0. The third-order valence-electron chi connectivity index (χ3n) is 3.80. The van der Waals surface area contributed by atoms with E-state index in [9.17, 15) is 0 Å². The Labute approximate surface area is 139 Å². The van der Waals surface area contributed by atoms with Crippen molar-refractivity contribution in [3.63, 3.8) is 0 Å². The second-order valence-corrected chi connectivity index (χ2v) is 5.33. The Morgan fingerprint density at radius 3 is 2.58 bits per heavy atom. The van der Waals surface area contributed by atoms with Crippen LogP contribution in [0.1, 0.15) is 5.56 Å². The lowest BCUT2D eigenvalue weighted by atomic mass is 10.0. The van der Waals surface area contributed by atoms with Crippen LogP contribution in [0.2, 0.25) is 0 Å². The van der Waals surface area contributed by atoms with Gasteiger partial charge in [0, 0.05) is 17.8 Å². The molecule has 0 aliphatic carbocycles. The molecular formula is C20H14N4. The third kappa shape index (κ3) is 2.49. The van der Waals surface area contributed by atoms with Crippen LogP contribution in [0.5, 0.6) is 0 Å². The summed E-state index contributed by atoms with van der Waals surface area (Å²) in [5.74, 6) is 4.18. The van der Waals surface area contributed by atoms with Gasteiger partial charge in [0.2, 0.25) is 0 Å². The molecule has 4 heteroatoms. The lowest BCUT2D eigenvalue weighted by molar-refractivity contribution is 1.26. The Morgan fingerprint density at radius 1 is 1.00 bits per heavy atom. The van der Waals surface area contributed by atoms with Crippen molar-refractivity contribution in [1.82, 2.24) is 15.0 Å². The van der Waals surface area contributed by atoms with Crippen molar-refractivity contribution < 1.29 is 0 Å². The van der Waals surface area contributed by atoms with Crippen molar-refractivity contribution in [2.24, 2.45) is 0 Å². The van der Waals surface area contributed by atoms with E-state index in [2.05, 4.69) is 38.3 Å². The predicted octanol–water partition coefficient (Wildman–Crippen LogP) is 4.35. The zero-order chi connectivity index (χ0) is 16.4. The molecule has 0 bridgehead atoms. The summed E-state index contributed by atoms with van der Waals surface area (Å²) in [6.07, 6.45) is 9.20. The van der Waals surface area contributed by atoms with Crippen molar-refractivity contribution in [3.8, 4) is 23.5 Å². The Hall–Kier alpha value is -3.58. The summed E-state index contributed by atoms with van der Waals surface area (Å²) >= 11 is 0. The van der Waals surface area contributed by atoms with Crippen molar-refractivity contribution in [2.45, 2.75) is 0 Å². The lowest BCUT2D eigenvalue weighted by Gasteiger charge is -2.09. The van der Waals surface area contributed by atoms with Crippen LogP contribution < -0.4 is 5.32 Å². The summed E-state index contributed by atoms with van der Waals surface area (Å²) in [6, 6.07) is 17.8. The molecule has 1 aromatic carbocycles. The smallest absolute Gasteiger partial charge is 0.141 e. The number of hydrogen-bond donors (Lipinski definition) is 2. The monoisotopic (exact) mass is 310 g/mol. The highest BCUT2D eigenvalue weighted by atomic mass is 15.1. The Morgan fingerprint density at radius 2 is 1.83 bits per heavy atom. The van der Waals surface area contributed by atoms with Crippen LogP contribution >= 0.6 is 0 Å². The number of rotatable bonds is 3. The summed E-state index contributed by atoms with van der Waals surface area (Å²) in [6.45, 7) is 0. The van der Waals surface area contributed by atoms with Gasteiger partial charge in [-0.15, -0.1) is 6.42 Å². The molecule has 3 aromatic heterocycles. The average molecular weight is 310 g/mol. The number of benzene rings is 1. The number of aromatic nitrogens is 3. The fourth-order valence-electron chi connectivity index (χ4n) is 2.73. The van der Waals surface area contributed by atoms with Crippen LogP contribution in [0.25, 0.3) is 22.2 Å². The largest absolute Gasteiger partial charge is 0.345 e. The highest BCUT2D eigenvalue weighted by Crippen LogP contribution is 2.32. The molecule has 4 rings (SSSR count). The molecule has 0 saturated heterocycles. The van der Waals surface area contributed by atoms with Crippen molar-refractivity contribution >= 4 is 22.7 Å². The van der Waals surface area contributed by atoms with E-state index in [4.69, 9.17) is 6.42 Å². The molecule has 0 fully saturated rings. The first-order valence-corrected chi connectivity index (χ1v) is 7.57. The van der Waals surface area contributed by atoms with E-state index in [1.54, 1.807) is 6.20 Å². The third-order valence-corrected chi connectivity index (χ3v) is 3.80. The molecule has 0 saturated carbocycles. The fraction of sp³-hybridized carbons (Fsp3) is 0. The first-order valence-electron chi connectivity index (χ1n) is 7.57. The summed E-state index contributed by atoms with van der Waals surface area (Å²) in [4.78, 5) is 12.1. The highest BCUT2D eigenvalue weighted by Gasteiger charge is 2.13. The van der Waals surface area contributed by atoms with Gasteiger partial charge >= 0.3 is 0 Å². The Bertz CT molecular complexity index is 1030. The molecule has 0 spiro atoms. The maximum Gasteiger partial charge on any atom is 0.141 e. The zero-order valence-electron chi connectivity index (χ0n) is 12.8. The van der Waals surface area contributed by atoms with Gasteiger partial charge in [-0.2, -0.15) is 0 Å². The zero-order valence-corrected chi connectivity index (χ0v) is 12.8. The van der Waals surface area contributed by atoms with Crippen molar-refractivity contribution in [3.05, 3.63) is 72.6 Å². The maximum absolute atomic E-state index is 5.65. The molecule has 0 aliphatic heterocycles. The number of nitrogens with one attached hydrogen (secondary N) is 2. The number of pyridine rings is 2. The molecule has 2 N–H and O–H groups in total. The van der Waals surface area contributed by atoms with E-state index in [1.807, 2.05) is 48.7 Å². The van der Waals surface area contributed by atoms with Gasteiger partial charge in [0.05, 0.1) is 5.56 Å². The average Bonchev–Trinajstić information content (AvgIpc) is 3.06. The minimum atomic E-state index is 0.713. The number of H-pyrrole nitrogens is 1. The summed E-state index contributed by atoms with van der Waals surface area (Å²) in [7, 11) is 0. The number of hydrogen-bond acceptors (Lipinski definition) is 3. The van der Waals surface area contributed by atoms with Gasteiger partial charge in [-0.3, -0.25) is 0 Å². The van der Waals surface area contributed by atoms with E-state index in [1.165, 1.54) is 0 Å². The van der Waals surface area contributed by atoms with E-state index in [0.29, 0.717) is 5.82 Å². The molecule has 0 aliphatic rings. The SMILES string of the molecule is C#Cc1c[nH]c2nc(Nc3ccccn3)cc(-c3ccccc3)c12. The number of anilines is 2. The summed E-state index contributed by atoms with van der Waals surface area (Å²) in [5.41, 5.74) is 3.68. The number of terminal acetylenes is 1. The Balaban J connectivity index is 1.91. The quantitative estimate of drug-likeness (QED) is 0.553. The minimum Gasteiger partial charge on any atom is -0.345 e. The van der Waals surface area contributed by atoms with Gasteiger partial charge in [-0.05, 0) is 29.3 Å². The van der Waals surface area contributed by atoms with Crippen molar-refractivity contribution in [2.75, 3.05) is 5.32 Å². The van der Waals surface area contributed by atoms with Gasteiger partial charge in [0.1, 0.15) is 17.3 Å². The molecule has 4 aromatic rings. The molecular weight excluding hydrogens is 296 g/mol. The molecule has 0 unspecified atom stereocenters. The molecule has 114 valence electrons. The second kappa shape index (κ2) is 5.90. The summed E-state index contributed by atoms with van der Waals surface area (Å²) < 4.78 is 0. The van der Waals surface area contributed by atoms with Crippen LogP contribution in [0.3, 0.4) is 0 Å². The number of aromatic amines is 1. The van der Waals surface area contributed by atoms with Gasteiger partial charge in [0.15, 0.2) is 0 Å². The lowest BCUT2D eigenvalue weighted by Crippen LogP contribution is -1.97. The first-order chi connectivity index (χ1) is 11.8. The molecule has 24 heavy (non-hydrogen) atoms. The van der Waals surface area contributed by atoms with E-state index in [0.717, 1.165) is 33.5 Å². The fourth-order valence-corrected chi connectivity index (χ4v) is 2.73. The second-order valence-electron chi connectivity index (χ2n) is 5.33. The minimum absolute atomic E-state index is 0.713.